The van der Waals surface area contributed by atoms with E-state index in [4.69, 9.17) is 11.6 Å². The summed E-state index contributed by atoms with van der Waals surface area (Å²) in [6.07, 6.45) is 0. The Hall–Kier alpha value is -2.62. The summed E-state index contributed by atoms with van der Waals surface area (Å²) in [4.78, 5) is 16.4. The molecule has 0 aliphatic carbocycles. The number of hydrogen-bond acceptors (Lipinski definition) is 5. The van der Waals surface area contributed by atoms with Crippen LogP contribution in [0.25, 0.3) is 0 Å². The number of aryl methyl sites for hydroxylation is 1. The summed E-state index contributed by atoms with van der Waals surface area (Å²) in [5, 5.41) is 6.26. The van der Waals surface area contributed by atoms with E-state index in [0.29, 0.717) is 21.4 Å². The normalized spacial score (nSPS) is 11.0. The molecule has 27 heavy (non-hydrogen) atoms. The number of sulfonamides is 1. The Balaban J connectivity index is 1.71. The van der Waals surface area contributed by atoms with Crippen molar-refractivity contribution in [2.24, 2.45) is 0 Å². The molecule has 0 saturated carbocycles. The van der Waals surface area contributed by atoms with Gasteiger partial charge in [-0.1, -0.05) is 53.3 Å². The summed E-state index contributed by atoms with van der Waals surface area (Å²) in [5.41, 5.74) is 0.948. The average molecular weight is 423 g/mol. The van der Waals surface area contributed by atoms with Crippen LogP contribution in [-0.4, -0.2) is 19.4 Å². The van der Waals surface area contributed by atoms with Crippen molar-refractivity contribution >= 4 is 54.8 Å². The van der Waals surface area contributed by atoms with Crippen LogP contribution in [0.5, 0.6) is 0 Å². The number of carbonyl (C=O) groups excluding carboxylic acids is 1. The highest BCUT2D eigenvalue weighted by atomic mass is 35.5. The van der Waals surface area contributed by atoms with Gasteiger partial charge in [0.05, 0.1) is 21.3 Å². The lowest BCUT2D eigenvalue weighted by Gasteiger charge is -2.07. The molecule has 0 saturated heterocycles. The monoisotopic (exact) mass is 422 g/mol. The summed E-state index contributed by atoms with van der Waals surface area (Å²) in [6.45, 7) is 1.67. The third kappa shape index (κ3) is 4.76. The van der Waals surface area contributed by atoms with Crippen LogP contribution in [0, 0.1) is 6.92 Å². The molecule has 2 aromatic carbocycles. The summed E-state index contributed by atoms with van der Waals surface area (Å²) in [5.74, 6) is 0. The van der Waals surface area contributed by atoms with E-state index < -0.39 is 16.1 Å². The Labute approximate surface area is 165 Å². The molecule has 3 aromatic rings. The molecule has 0 spiro atoms. The molecular formula is C17H15ClN4O3S2. The minimum atomic E-state index is -3.75. The van der Waals surface area contributed by atoms with Crippen LogP contribution >= 0.6 is 22.9 Å². The van der Waals surface area contributed by atoms with Crippen LogP contribution in [0.3, 0.4) is 0 Å². The van der Waals surface area contributed by atoms with Crippen molar-refractivity contribution in [1.82, 2.24) is 4.98 Å². The van der Waals surface area contributed by atoms with Gasteiger partial charge in [-0.3, -0.25) is 10.0 Å². The first-order chi connectivity index (χ1) is 12.8. The van der Waals surface area contributed by atoms with Crippen molar-refractivity contribution in [2.75, 3.05) is 15.4 Å². The van der Waals surface area contributed by atoms with Crippen molar-refractivity contribution in [3.05, 3.63) is 65.3 Å². The Morgan fingerprint density at radius 2 is 1.70 bits per heavy atom. The van der Waals surface area contributed by atoms with Crippen molar-refractivity contribution in [3.63, 3.8) is 0 Å². The number of amides is 2. The van der Waals surface area contributed by atoms with Gasteiger partial charge in [-0.2, -0.15) is 0 Å². The highest BCUT2D eigenvalue weighted by molar-refractivity contribution is 7.93. The van der Waals surface area contributed by atoms with E-state index in [2.05, 4.69) is 20.3 Å². The van der Waals surface area contributed by atoms with E-state index in [0.717, 1.165) is 11.3 Å². The van der Waals surface area contributed by atoms with Crippen molar-refractivity contribution < 1.29 is 13.2 Å². The predicted molar refractivity (Wildman–Crippen MR) is 108 cm³/mol. The number of aromatic nitrogens is 1. The van der Waals surface area contributed by atoms with Crippen molar-refractivity contribution in [2.45, 2.75) is 11.8 Å². The number of carbonyl (C=O) groups is 1. The Morgan fingerprint density at radius 3 is 2.41 bits per heavy atom. The van der Waals surface area contributed by atoms with Crippen LogP contribution < -0.4 is 15.4 Å². The lowest BCUT2D eigenvalue weighted by atomic mass is 10.3. The zero-order valence-corrected chi connectivity index (χ0v) is 16.5. The van der Waals surface area contributed by atoms with Crippen LogP contribution in [0.4, 0.5) is 20.6 Å². The van der Waals surface area contributed by atoms with E-state index in [-0.39, 0.29) is 10.0 Å². The molecule has 140 valence electrons. The molecule has 0 aliphatic rings. The smallest absolute Gasteiger partial charge is 0.306 e. The molecule has 3 N–H and O–H groups in total. The highest BCUT2D eigenvalue weighted by Gasteiger charge is 2.18. The van der Waals surface area contributed by atoms with Gasteiger partial charge in [0, 0.05) is 0 Å². The Morgan fingerprint density at radius 1 is 1.04 bits per heavy atom. The fourth-order valence-electron chi connectivity index (χ4n) is 2.15. The minimum absolute atomic E-state index is 0.129. The number of benzene rings is 2. The van der Waals surface area contributed by atoms with Crippen LogP contribution in [0.15, 0.2) is 59.5 Å². The van der Waals surface area contributed by atoms with E-state index in [1.54, 1.807) is 49.4 Å². The van der Waals surface area contributed by atoms with Crippen LogP contribution in [0.1, 0.15) is 5.69 Å². The lowest BCUT2D eigenvalue weighted by Crippen LogP contribution is -2.19. The standard InChI is InChI=1S/C17H15ClN4O3S2/c1-11-15(21-16(23)20-14-10-6-5-9-13(14)18)26-17(19-11)22-27(24,25)12-7-3-2-4-8-12/h2-10H,1H3,(H,19,22)(H2,20,21,23). The zero-order chi connectivity index (χ0) is 19.4. The summed E-state index contributed by atoms with van der Waals surface area (Å²) >= 11 is 7.03. The summed E-state index contributed by atoms with van der Waals surface area (Å²) < 4.78 is 27.1. The number of nitrogens with zero attached hydrogens (tertiary/aromatic N) is 1. The molecule has 0 radical (unpaired) electrons. The number of anilines is 3. The molecule has 2 amide bonds. The molecule has 1 heterocycles. The number of para-hydroxylation sites is 1. The fraction of sp³-hybridized carbons (Fsp3) is 0.0588. The molecule has 0 bridgehead atoms. The zero-order valence-electron chi connectivity index (χ0n) is 14.1. The van der Waals surface area contributed by atoms with Gasteiger partial charge in [-0.05, 0) is 31.2 Å². The summed E-state index contributed by atoms with van der Waals surface area (Å²) in [6, 6.07) is 14.3. The molecule has 10 heteroatoms. The quantitative estimate of drug-likeness (QED) is 0.561. The third-order valence-corrected chi connectivity index (χ3v) is 6.22. The predicted octanol–water partition coefficient (Wildman–Crippen LogP) is 4.55. The maximum absolute atomic E-state index is 12.4. The van der Waals surface area contributed by atoms with E-state index in [1.807, 2.05) is 0 Å². The average Bonchev–Trinajstić information content (AvgIpc) is 2.96. The molecule has 0 aliphatic heterocycles. The Bertz CT molecular complexity index is 1070. The number of rotatable bonds is 5. The van der Waals surface area contributed by atoms with Gasteiger partial charge in [-0.25, -0.2) is 18.2 Å². The number of hydrogen-bond donors (Lipinski definition) is 3. The highest BCUT2D eigenvalue weighted by Crippen LogP contribution is 2.30. The van der Waals surface area contributed by atoms with Crippen molar-refractivity contribution in [3.8, 4) is 0 Å². The Kier molecular flexibility index (Phi) is 5.64. The largest absolute Gasteiger partial charge is 0.324 e. The van der Waals surface area contributed by atoms with Gasteiger partial charge in [0.15, 0.2) is 5.13 Å². The van der Waals surface area contributed by atoms with Crippen LogP contribution in [0.2, 0.25) is 5.02 Å². The van der Waals surface area contributed by atoms with E-state index in [9.17, 15) is 13.2 Å². The number of halogens is 1. The first kappa shape index (κ1) is 19.2. The van der Waals surface area contributed by atoms with E-state index in [1.165, 1.54) is 12.1 Å². The molecule has 1 aromatic heterocycles. The second kappa shape index (κ2) is 7.95. The SMILES string of the molecule is Cc1nc(NS(=O)(=O)c2ccccc2)sc1NC(=O)Nc1ccccc1Cl. The topological polar surface area (TPSA) is 100 Å². The number of urea groups is 1. The molecule has 0 fully saturated rings. The lowest BCUT2D eigenvalue weighted by molar-refractivity contribution is 0.262. The van der Waals surface area contributed by atoms with E-state index >= 15 is 0 Å². The van der Waals surface area contributed by atoms with Gasteiger partial charge < -0.3 is 5.32 Å². The molecule has 3 rings (SSSR count). The molecular weight excluding hydrogens is 408 g/mol. The number of nitrogens with one attached hydrogen (secondary N) is 3. The van der Waals surface area contributed by atoms with Crippen LogP contribution in [-0.2, 0) is 10.0 Å². The van der Waals surface area contributed by atoms with Gasteiger partial charge in [0.1, 0.15) is 5.00 Å². The van der Waals surface area contributed by atoms with Gasteiger partial charge in [0.2, 0.25) is 0 Å². The first-order valence-electron chi connectivity index (χ1n) is 7.73. The fourth-order valence-corrected chi connectivity index (χ4v) is 4.45. The second-order valence-electron chi connectivity index (χ2n) is 5.41. The van der Waals surface area contributed by atoms with Gasteiger partial charge in [0.25, 0.3) is 10.0 Å². The van der Waals surface area contributed by atoms with Crippen molar-refractivity contribution in [1.29, 1.82) is 0 Å². The maximum Gasteiger partial charge on any atom is 0.324 e. The minimum Gasteiger partial charge on any atom is -0.306 e. The first-order valence-corrected chi connectivity index (χ1v) is 10.4. The third-order valence-electron chi connectivity index (χ3n) is 3.42. The number of thiazole rings is 1. The van der Waals surface area contributed by atoms with Gasteiger partial charge >= 0.3 is 6.03 Å². The molecule has 0 unspecified atom stereocenters. The molecule has 0 atom stereocenters. The van der Waals surface area contributed by atoms with Gasteiger partial charge in [-0.15, -0.1) is 0 Å². The molecule has 7 nitrogen and oxygen atoms in total. The maximum atomic E-state index is 12.4. The second-order valence-corrected chi connectivity index (χ2v) is 8.50. The summed E-state index contributed by atoms with van der Waals surface area (Å²) in [7, 11) is -3.75.